The number of nitrogens with zero attached hydrogens (tertiary/aromatic N) is 1. The van der Waals surface area contributed by atoms with E-state index in [-0.39, 0.29) is 36.8 Å². The van der Waals surface area contributed by atoms with E-state index in [1.54, 1.807) is 0 Å². The lowest BCUT2D eigenvalue weighted by Crippen LogP contribution is -2.45. The van der Waals surface area contributed by atoms with Crippen LogP contribution in [0.4, 0.5) is 0 Å². The first kappa shape index (κ1) is 23.2. The van der Waals surface area contributed by atoms with Gasteiger partial charge >= 0.3 is 0 Å². The molecular formula is C19H31Cl2N3O2. The Morgan fingerprint density at radius 1 is 1.19 bits per heavy atom. The molecule has 5 nitrogen and oxygen atoms in total. The minimum absolute atomic E-state index is 0. The number of morpholine rings is 1. The van der Waals surface area contributed by atoms with Crippen molar-refractivity contribution in [3.63, 3.8) is 0 Å². The zero-order chi connectivity index (χ0) is 16.6. The summed E-state index contributed by atoms with van der Waals surface area (Å²) in [4.78, 5) is 14.6. The molecule has 0 spiro atoms. The summed E-state index contributed by atoms with van der Waals surface area (Å²) < 4.78 is 5.39. The second-order valence-electron chi connectivity index (χ2n) is 6.94. The lowest BCUT2D eigenvalue weighted by Gasteiger charge is -2.32. The summed E-state index contributed by atoms with van der Waals surface area (Å²) in [5.74, 6) is 0.751. The average molecular weight is 404 g/mol. The van der Waals surface area contributed by atoms with Crippen molar-refractivity contribution in [2.24, 2.45) is 5.92 Å². The third kappa shape index (κ3) is 7.80. The van der Waals surface area contributed by atoms with Crippen molar-refractivity contribution in [2.75, 3.05) is 39.4 Å². The number of piperidine rings is 1. The number of hydrogen-bond acceptors (Lipinski definition) is 4. The molecule has 1 amide bonds. The van der Waals surface area contributed by atoms with Gasteiger partial charge in [0.25, 0.3) is 0 Å². The number of carbonyl (C=O) groups is 1. The van der Waals surface area contributed by atoms with Gasteiger partial charge in [0.1, 0.15) is 0 Å². The van der Waals surface area contributed by atoms with Crippen molar-refractivity contribution in [1.82, 2.24) is 15.5 Å². The van der Waals surface area contributed by atoms with E-state index in [1.807, 2.05) is 0 Å². The molecule has 2 N–H and O–H groups in total. The first-order chi connectivity index (χ1) is 11.8. The Bertz CT molecular complexity index is 505. The first-order valence-electron chi connectivity index (χ1n) is 9.13. The van der Waals surface area contributed by atoms with Gasteiger partial charge in [-0.1, -0.05) is 30.3 Å². The van der Waals surface area contributed by atoms with Gasteiger partial charge < -0.3 is 15.4 Å². The van der Waals surface area contributed by atoms with E-state index in [0.29, 0.717) is 18.9 Å². The number of rotatable bonds is 6. The topological polar surface area (TPSA) is 53.6 Å². The molecular weight excluding hydrogens is 373 g/mol. The molecule has 2 saturated heterocycles. The highest BCUT2D eigenvalue weighted by Crippen LogP contribution is 2.18. The van der Waals surface area contributed by atoms with Gasteiger partial charge in [0.15, 0.2) is 0 Å². The monoisotopic (exact) mass is 403 g/mol. The minimum atomic E-state index is 0. The molecule has 0 saturated carbocycles. The fourth-order valence-corrected chi connectivity index (χ4v) is 3.50. The Morgan fingerprint density at radius 3 is 2.58 bits per heavy atom. The Balaban J connectivity index is 0.00000169. The third-order valence-corrected chi connectivity index (χ3v) is 4.97. The van der Waals surface area contributed by atoms with Crippen LogP contribution in [-0.4, -0.2) is 56.2 Å². The van der Waals surface area contributed by atoms with Crippen LogP contribution < -0.4 is 10.6 Å². The molecule has 2 aliphatic rings. The van der Waals surface area contributed by atoms with Gasteiger partial charge in [-0.2, -0.15) is 0 Å². The van der Waals surface area contributed by atoms with Crippen LogP contribution in [0.25, 0.3) is 0 Å². The molecule has 3 rings (SSSR count). The molecule has 7 heteroatoms. The van der Waals surface area contributed by atoms with Gasteiger partial charge in [0.2, 0.25) is 5.91 Å². The van der Waals surface area contributed by atoms with Crippen molar-refractivity contribution in [1.29, 1.82) is 0 Å². The molecule has 0 radical (unpaired) electrons. The number of likely N-dealkylation sites (tertiary alicyclic amines) is 1. The summed E-state index contributed by atoms with van der Waals surface area (Å²) in [5.41, 5.74) is 1.38. The van der Waals surface area contributed by atoms with Gasteiger partial charge in [-0.25, -0.2) is 0 Å². The van der Waals surface area contributed by atoms with Crippen LogP contribution in [0, 0.1) is 5.92 Å². The van der Waals surface area contributed by atoms with Crippen molar-refractivity contribution in [3.05, 3.63) is 35.9 Å². The Morgan fingerprint density at radius 2 is 1.92 bits per heavy atom. The van der Waals surface area contributed by atoms with E-state index in [4.69, 9.17) is 4.74 Å². The summed E-state index contributed by atoms with van der Waals surface area (Å²) >= 11 is 0. The molecule has 0 bridgehead atoms. The SMILES string of the molecule is Cl.Cl.O=C(CC1COCCN1)NCC1CCN(Cc2ccccc2)CC1. The fraction of sp³-hybridized carbons (Fsp3) is 0.632. The summed E-state index contributed by atoms with van der Waals surface area (Å²) in [7, 11) is 0. The predicted octanol–water partition coefficient (Wildman–Crippen LogP) is 2.24. The van der Waals surface area contributed by atoms with Crippen LogP contribution in [-0.2, 0) is 16.1 Å². The van der Waals surface area contributed by atoms with Gasteiger partial charge in [0.05, 0.1) is 13.2 Å². The first-order valence-corrected chi connectivity index (χ1v) is 9.13. The maximum absolute atomic E-state index is 12.0. The minimum Gasteiger partial charge on any atom is -0.378 e. The van der Waals surface area contributed by atoms with Gasteiger partial charge in [0, 0.05) is 32.1 Å². The van der Waals surface area contributed by atoms with Crippen LogP contribution in [0.1, 0.15) is 24.8 Å². The van der Waals surface area contributed by atoms with E-state index in [9.17, 15) is 4.79 Å². The quantitative estimate of drug-likeness (QED) is 0.764. The fourth-order valence-electron chi connectivity index (χ4n) is 3.50. The molecule has 26 heavy (non-hydrogen) atoms. The molecule has 0 aromatic heterocycles. The van der Waals surface area contributed by atoms with Gasteiger partial charge in [-0.15, -0.1) is 24.8 Å². The highest BCUT2D eigenvalue weighted by molar-refractivity contribution is 5.85. The van der Waals surface area contributed by atoms with Crippen molar-refractivity contribution in [2.45, 2.75) is 31.8 Å². The number of ether oxygens (including phenoxy) is 1. The van der Waals surface area contributed by atoms with Gasteiger partial charge in [-0.3, -0.25) is 9.69 Å². The van der Waals surface area contributed by atoms with Crippen LogP contribution in [0.5, 0.6) is 0 Å². The molecule has 2 heterocycles. The predicted molar refractivity (Wildman–Crippen MR) is 109 cm³/mol. The number of halogens is 2. The van der Waals surface area contributed by atoms with E-state index in [2.05, 4.69) is 45.9 Å². The number of benzene rings is 1. The second-order valence-corrected chi connectivity index (χ2v) is 6.94. The van der Waals surface area contributed by atoms with Crippen LogP contribution >= 0.6 is 24.8 Å². The maximum Gasteiger partial charge on any atom is 0.221 e. The Kier molecular flexibility index (Phi) is 11.2. The van der Waals surface area contributed by atoms with Crippen molar-refractivity contribution >= 4 is 30.7 Å². The third-order valence-electron chi connectivity index (χ3n) is 4.97. The number of nitrogens with one attached hydrogen (secondary N) is 2. The Labute approximate surface area is 169 Å². The van der Waals surface area contributed by atoms with Crippen LogP contribution in [0.3, 0.4) is 0 Å². The lowest BCUT2D eigenvalue weighted by atomic mass is 9.96. The zero-order valence-corrected chi connectivity index (χ0v) is 16.8. The zero-order valence-electron chi connectivity index (χ0n) is 15.2. The van der Waals surface area contributed by atoms with Crippen LogP contribution in [0.15, 0.2) is 30.3 Å². The molecule has 2 fully saturated rings. The molecule has 148 valence electrons. The summed E-state index contributed by atoms with van der Waals surface area (Å²) in [5, 5.41) is 6.44. The molecule has 0 aliphatic carbocycles. The molecule has 1 aromatic rings. The second kappa shape index (κ2) is 12.5. The summed E-state index contributed by atoms with van der Waals surface area (Å²) in [6.45, 7) is 6.32. The lowest BCUT2D eigenvalue weighted by molar-refractivity contribution is -0.122. The highest BCUT2D eigenvalue weighted by Gasteiger charge is 2.21. The smallest absolute Gasteiger partial charge is 0.221 e. The molecule has 2 aliphatic heterocycles. The van der Waals surface area contributed by atoms with Gasteiger partial charge in [-0.05, 0) is 37.4 Å². The number of carbonyl (C=O) groups excluding carboxylic acids is 1. The largest absolute Gasteiger partial charge is 0.378 e. The molecule has 1 atom stereocenters. The molecule has 1 aromatic carbocycles. The normalized spacial score (nSPS) is 21.3. The Hall–Kier alpha value is -0.850. The van der Waals surface area contributed by atoms with Crippen molar-refractivity contribution in [3.8, 4) is 0 Å². The maximum atomic E-state index is 12.0. The highest BCUT2D eigenvalue weighted by atomic mass is 35.5. The van der Waals surface area contributed by atoms with E-state index in [0.717, 1.165) is 52.2 Å². The van der Waals surface area contributed by atoms with Crippen molar-refractivity contribution < 1.29 is 9.53 Å². The summed E-state index contributed by atoms with van der Waals surface area (Å²) in [6, 6.07) is 10.8. The average Bonchev–Trinajstić information content (AvgIpc) is 2.63. The molecule has 1 unspecified atom stereocenters. The van der Waals surface area contributed by atoms with Crippen LogP contribution in [0.2, 0.25) is 0 Å². The summed E-state index contributed by atoms with van der Waals surface area (Å²) in [6.07, 6.45) is 2.85. The number of amides is 1. The van der Waals surface area contributed by atoms with E-state index < -0.39 is 0 Å². The van der Waals surface area contributed by atoms with E-state index >= 15 is 0 Å². The number of hydrogen-bond donors (Lipinski definition) is 2. The standard InChI is InChI=1S/C19H29N3O2.2ClH/c23-19(12-18-15-24-11-8-20-18)21-13-16-6-9-22(10-7-16)14-17-4-2-1-3-5-17;;/h1-5,16,18,20H,6-15H2,(H,21,23);2*1H. The van der Waals surface area contributed by atoms with E-state index in [1.165, 1.54) is 5.56 Å².